The number of hydroxylamine groups is 2. The highest BCUT2D eigenvalue weighted by Gasteiger charge is 2.37. The van der Waals surface area contributed by atoms with E-state index < -0.39 is 11.6 Å². The fraction of sp³-hybridized carbons (Fsp3) is 0.480. The van der Waals surface area contributed by atoms with Crippen LogP contribution in [0.15, 0.2) is 30.5 Å². The van der Waals surface area contributed by atoms with Crippen LogP contribution in [0.1, 0.15) is 60.7 Å². The van der Waals surface area contributed by atoms with Crippen molar-refractivity contribution in [1.82, 2.24) is 19.7 Å². The molecule has 5 rings (SSSR count). The minimum atomic E-state index is -0.901. The van der Waals surface area contributed by atoms with E-state index in [2.05, 4.69) is 29.4 Å². The minimum Gasteiger partial charge on any atom is -0.286 e. The summed E-state index contributed by atoms with van der Waals surface area (Å²) < 4.78 is 29.1. The average molecular weight is 455 g/mol. The van der Waals surface area contributed by atoms with Crippen molar-refractivity contribution in [1.29, 1.82) is 0 Å². The highest BCUT2D eigenvalue weighted by Crippen LogP contribution is 2.37. The van der Waals surface area contributed by atoms with Gasteiger partial charge in [0, 0.05) is 18.5 Å². The van der Waals surface area contributed by atoms with Crippen molar-refractivity contribution in [2.45, 2.75) is 58.4 Å². The Kier molecular flexibility index (Phi) is 5.86. The molecule has 1 aliphatic heterocycles. The molecule has 2 aliphatic rings. The molecule has 174 valence electrons. The number of rotatable bonds is 4. The SMILES string of the molecule is Cc1cc2nnc(C)n2cc1CC1CCC(C(=O)N2OCC[C@H]2c2ccc(F)c(F)c2)CC1. The zero-order valence-corrected chi connectivity index (χ0v) is 18.9. The smallest absolute Gasteiger partial charge is 0.249 e. The van der Waals surface area contributed by atoms with Crippen LogP contribution in [0.2, 0.25) is 0 Å². The summed E-state index contributed by atoms with van der Waals surface area (Å²) >= 11 is 0. The molecule has 8 heteroatoms. The molecule has 2 fully saturated rings. The molecule has 0 spiro atoms. The summed E-state index contributed by atoms with van der Waals surface area (Å²) in [7, 11) is 0. The highest BCUT2D eigenvalue weighted by atomic mass is 19.2. The summed E-state index contributed by atoms with van der Waals surface area (Å²) in [5, 5.41) is 9.75. The van der Waals surface area contributed by atoms with Crippen molar-refractivity contribution in [3.05, 3.63) is 64.6 Å². The molecular weight excluding hydrogens is 426 g/mol. The summed E-state index contributed by atoms with van der Waals surface area (Å²) in [5.74, 6) is -0.537. The maximum absolute atomic E-state index is 13.7. The number of benzene rings is 1. The van der Waals surface area contributed by atoms with Crippen molar-refractivity contribution >= 4 is 11.6 Å². The first-order valence-electron chi connectivity index (χ1n) is 11.6. The van der Waals surface area contributed by atoms with Gasteiger partial charge >= 0.3 is 0 Å². The van der Waals surface area contributed by atoms with Crippen LogP contribution < -0.4 is 0 Å². The molecular formula is C25H28F2N4O2. The Labute approximate surface area is 191 Å². The largest absolute Gasteiger partial charge is 0.286 e. The Morgan fingerprint density at radius 3 is 2.61 bits per heavy atom. The number of aromatic nitrogens is 3. The lowest BCUT2D eigenvalue weighted by Crippen LogP contribution is -2.36. The quantitative estimate of drug-likeness (QED) is 0.564. The second-order valence-corrected chi connectivity index (χ2v) is 9.35. The lowest BCUT2D eigenvalue weighted by atomic mass is 9.78. The first kappa shape index (κ1) is 21.9. The van der Waals surface area contributed by atoms with Crippen LogP contribution in [-0.4, -0.2) is 32.2 Å². The van der Waals surface area contributed by atoms with Crippen molar-refractivity contribution in [2.75, 3.05) is 6.61 Å². The molecule has 1 saturated heterocycles. The predicted octanol–water partition coefficient (Wildman–Crippen LogP) is 4.88. The van der Waals surface area contributed by atoms with Gasteiger partial charge in [-0.15, -0.1) is 10.2 Å². The molecule has 1 amide bonds. The third-order valence-corrected chi connectivity index (χ3v) is 7.18. The van der Waals surface area contributed by atoms with E-state index in [1.807, 2.05) is 11.3 Å². The van der Waals surface area contributed by atoms with E-state index in [1.54, 1.807) is 0 Å². The van der Waals surface area contributed by atoms with Gasteiger partial charge in [0.05, 0.1) is 12.6 Å². The summed E-state index contributed by atoms with van der Waals surface area (Å²) in [5.41, 5.74) is 3.95. The number of hydrogen-bond acceptors (Lipinski definition) is 4. The Balaban J connectivity index is 1.22. The summed E-state index contributed by atoms with van der Waals surface area (Å²) in [6, 6.07) is 5.52. The van der Waals surface area contributed by atoms with Crippen LogP contribution in [0.3, 0.4) is 0 Å². The first-order chi connectivity index (χ1) is 15.9. The zero-order chi connectivity index (χ0) is 23.1. The van der Waals surface area contributed by atoms with Crippen LogP contribution in [0.4, 0.5) is 8.78 Å². The lowest BCUT2D eigenvalue weighted by molar-refractivity contribution is -0.183. The lowest BCUT2D eigenvalue weighted by Gasteiger charge is -2.32. The summed E-state index contributed by atoms with van der Waals surface area (Å²) in [4.78, 5) is 18.9. The minimum absolute atomic E-state index is 0.0432. The third-order valence-electron chi connectivity index (χ3n) is 7.18. The summed E-state index contributed by atoms with van der Waals surface area (Å²) in [6.45, 7) is 4.45. The van der Waals surface area contributed by atoms with E-state index in [4.69, 9.17) is 4.84 Å². The van der Waals surface area contributed by atoms with Gasteiger partial charge in [-0.25, -0.2) is 13.8 Å². The zero-order valence-electron chi connectivity index (χ0n) is 18.9. The molecule has 1 atom stereocenters. The van der Waals surface area contributed by atoms with Gasteiger partial charge in [-0.3, -0.25) is 14.0 Å². The number of carbonyl (C=O) groups is 1. The molecule has 1 aromatic carbocycles. The van der Waals surface area contributed by atoms with Gasteiger partial charge < -0.3 is 0 Å². The number of fused-ring (bicyclic) bond motifs is 1. The van der Waals surface area contributed by atoms with Gasteiger partial charge in [0.25, 0.3) is 0 Å². The molecule has 0 unspecified atom stereocenters. The van der Waals surface area contributed by atoms with E-state index >= 15 is 0 Å². The molecule has 3 heterocycles. The maximum atomic E-state index is 13.7. The van der Waals surface area contributed by atoms with Crippen LogP contribution in [0.25, 0.3) is 5.65 Å². The van der Waals surface area contributed by atoms with Crippen molar-refractivity contribution < 1.29 is 18.4 Å². The second-order valence-electron chi connectivity index (χ2n) is 9.35. The van der Waals surface area contributed by atoms with E-state index in [-0.39, 0.29) is 17.9 Å². The van der Waals surface area contributed by atoms with Gasteiger partial charge in [-0.1, -0.05) is 6.07 Å². The molecule has 6 nitrogen and oxygen atoms in total. The molecule has 33 heavy (non-hydrogen) atoms. The second kappa shape index (κ2) is 8.82. The molecule has 0 bridgehead atoms. The maximum Gasteiger partial charge on any atom is 0.249 e. The van der Waals surface area contributed by atoms with E-state index in [9.17, 15) is 13.6 Å². The number of hydrogen-bond donors (Lipinski definition) is 0. The molecule has 1 saturated carbocycles. The van der Waals surface area contributed by atoms with Crippen molar-refractivity contribution in [2.24, 2.45) is 11.8 Å². The number of halogens is 2. The monoisotopic (exact) mass is 454 g/mol. The van der Waals surface area contributed by atoms with Crippen LogP contribution in [0.5, 0.6) is 0 Å². The normalized spacial score (nSPS) is 23.4. The predicted molar refractivity (Wildman–Crippen MR) is 118 cm³/mol. The topological polar surface area (TPSA) is 59.7 Å². The molecule has 0 radical (unpaired) electrons. The highest BCUT2D eigenvalue weighted by molar-refractivity contribution is 5.78. The van der Waals surface area contributed by atoms with Gasteiger partial charge in [0.1, 0.15) is 5.82 Å². The number of pyridine rings is 1. The van der Waals surface area contributed by atoms with Crippen molar-refractivity contribution in [3.63, 3.8) is 0 Å². The summed E-state index contributed by atoms with van der Waals surface area (Å²) in [6.07, 6.45) is 7.25. The van der Waals surface area contributed by atoms with Gasteiger partial charge in [0.2, 0.25) is 5.91 Å². The fourth-order valence-corrected chi connectivity index (χ4v) is 5.21. The number of amides is 1. The average Bonchev–Trinajstić information content (AvgIpc) is 3.43. The third kappa shape index (κ3) is 4.24. The van der Waals surface area contributed by atoms with Gasteiger partial charge in [0.15, 0.2) is 17.3 Å². The van der Waals surface area contributed by atoms with E-state index in [1.165, 1.54) is 28.3 Å². The van der Waals surface area contributed by atoms with Crippen LogP contribution in [0, 0.1) is 37.3 Å². The molecule has 3 aromatic rings. The Morgan fingerprint density at radius 2 is 1.85 bits per heavy atom. The molecule has 2 aromatic heterocycles. The van der Waals surface area contributed by atoms with Crippen molar-refractivity contribution in [3.8, 4) is 0 Å². The molecule has 1 aliphatic carbocycles. The number of carbonyl (C=O) groups excluding carboxylic acids is 1. The first-order valence-corrected chi connectivity index (χ1v) is 11.6. The fourth-order valence-electron chi connectivity index (χ4n) is 5.21. The van der Waals surface area contributed by atoms with Gasteiger partial charge in [-0.2, -0.15) is 0 Å². The Hall–Kier alpha value is -2.87. The molecule has 0 N–H and O–H groups in total. The van der Waals surface area contributed by atoms with E-state index in [0.29, 0.717) is 24.5 Å². The van der Waals surface area contributed by atoms with Crippen LogP contribution >= 0.6 is 0 Å². The standard InChI is InChI=1S/C25H28F2N4O2/c1-15-11-24-29-28-16(2)30(24)14-20(15)12-17-3-5-18(6-4-17)25(32)31-23(9-10-33-31)19-7-8-21(26)22(27)13-19/h7-8,11,13-14,17-18,23H,3-6,9-10,12H2,1-2H3/t17?,18?,23-/m0/s1. The van der Waals surface area contributed by atoms with Gasteiger partial charge in [-0.05, 0) is 86.8 Å². The number of aryl methyl sites for hydroxylation is 2. The Bertz CT molecular complexity index is 1190. The number of nitrogens with zero attached hydrogens (tertiary/aromatic N) is 4. The Morgan fingerprint density at radius 1 is 1.06 bits per heavy atom. The van der Waals surface area contributed by atoms with Crippen LogP contribution in [-0.2, 0) is 16.1 Å². The van der Waals surface area contributed by atoms with E-state index in [0.717, 1.165) is 49.6 Å².